The Hall–Kier alpha value is -0.0900. The molecule has 1 aliphatic rings. The fourth-order valence-electron chi connectivity index (χ4n) is 2.88. The van der Waals surface area contributed by atoms with Crippen LogP contribution in [0, 0.1) is 5.92 Å². The molecule has 1 aliphatic carbocycles. The zero-order chi connectivity index (χ0) is 14.1. The molecule has 1 N–H and O–H groups in total. The summed E-state index contributed by atoms with van der Waals surface area (Å²) >= 11 is 0. The number of nitrogens with one attached hydrogen (secondary N) is 1. The molecule has 0 aromatic heterocycles. The third-order valence-corrected chi connectivity index (χ3v) is 5.92. The summed E-state index contributed by atoms with van der Waals surface area (Å²) in [5, 5.41) is 3.34. The van der Waals surface area contributed by atoms with Gasteiger partial charge in [0.25, 0.3) is 0 Å². The van der Waals surface area contributed by atoms with Crippen molar-refractivity contribution in [2.24, 2.45) is 5.92 Å². The summed E-state index contributed by atoms with van der Waals surface area (Å²) in [6.07, 6.45) is 9.55. The molecule has 19 heavy (non-hydrogen) atoms. The van der Waals surface area contributed by atoms with Gasteiger partial charge in [0.2, 0.25) is 0 Å². The van der Waals surface area contributed by atoms with E-state index in [1.165, 1.54) is 32.1 Å². The smallest absolute Gasteiger partial charge is 0.151 e. The fraction of sp³-hybridized carbons (Fsp3) is 1.00. The van der Waals surface area contributed by atoms with Crippen molar-refractivity contribution < 1.29 is 8.42 Å². The minimum absolute atomic E-state index is 0.307. The van der Waals surface area contributed by atoms with Gasteiger partial charge >= 0.3 is 0 Å². The Morgan fingerprint density at radius 1 is 1.21 bits per heavy atom. The van der Waals surface area contributed by atoms with Crippen LogP contribution in [0.4, 0.5) is 0 Å². The van der Waals surface area contributed by atoms with E-state index in [0.29, 0.717) is 30.0 Å². The largest absolute Gasteiger partial charge is 0.313 e. The lowest BCUT2D eigenvalue weighted by Gasteiger charge is -2.14. The van der Waals surface area contributed by atoms with E-state index in [-0.39, 0.29) is 0 Å². The van der Waals surface area contributed by atoms with Crippen molar-refractivity contribution in [1.29, 1.82) is 0 Å². The Morgan fingerprint density at radius 3 is 2.53 bits per heavy atom. The van der Waals surface area contributed by atoms with Gasteiger partial charge in [-0.05, 0) is 32.1 Å². The van der Waals surface area contributed by atoms with Crippen LogP contribution >= 0.6 is 0 Å². The summed E-state index contributed by atoms with van der Waals surface area (Å²) in [6, 6.07) is 0.438. The molecular formula is C15H31NO2S. The van der Waals surface area contributed by atoms with Crippen LogP contribution in [0.5, 0.6) is 0 Å². The predicted octanol–water partition coefficient (Wildman–Crippen LogP) is 3.15. The van der Waals surface area contributed by atoms with E-state index in [1.54, 1.807) is 0 Å². The molecule has 1 unspecified atom stereocenters. The van der Waals surface area contributed by atoms with Gasteiger partial charge < -0.3 is 5.32 Å². The highest BCUT2D eigenvalue weighted by Gasteiger charge is 2.22. The summed E-state index contributed by atoms with van der Waals surface area (Å²) < 4.78 is 24.0. The first-order valence-corrected chi connectivity index (χ1v) is 9.79. The first kappa shape index (κ1) is 17.0. The van der Waals surface area contributed by atoms with Gasteiger partial charge in [-0.2, -0.15) is 0 Å². The van der Waals surface area contributed by atoms with Crippen molar-refractivity contribution in [3.8, 4) is 0 Å². The second kappa shape index (κ2) is 8.96. The molecule has 0 amide bonds. The first-order chi connectivity index (χ1) is 9.03. The second-order valence-corrected chi connectivity index (χ2v) is 8.34. The maximum atomic E-state index is 12.0. The van der Waals surface area contributed by atoms with E-state index in [4.69, 9.17) is 0 Å². The molecule has 3 nitrogen and oxygen atoms in total. The maximum absolute atomic E-state index is 12.0. The number of hydrogen-bond donors (Lipinski definition) is 1. The molecule has 1 rings (SSSR count). The summed E-state index contributed by atoms with van der Waals surface area (Å²) in [5.41, 5.74) is 0. The molecule has 0 aromatic rings. The number of hydrogen-bond acceptors (Lipinski definition) is 3. The van der Waals surface area contributed by atoms with E-state index in [1.807, 2.05) is 0 Å². The third-order valence-electron chi connectivity index (χ3n) is 4.11. The van der Waals surface area contributed by atoms with E-state index >= 15 is 0 Å². The molecular weight excluding hydrogens is 258 g/mol. The molecule has 1 fully saturated rings. The van der Waals surface area contributed by atoms with Crippen LogP contribution in [-0.4, -0.2) is 32.5 Å². The predicted molar refractivity (Wildman–Crippen MR) is 82.2 cm³/mol. The molecule has 1 atom stereocenters. The number of unbranched alkanes of at least 4 members (excludes halogenated alkanes) is 2. The van der Waals surface area contributed by atoms with Crippen molar-refractivity contribution in [1.82, 2.24) is 5.32 Å². The molecule has 0 aliphatic heterocycles. The zero-order valence-corrected chi connectivity index (χ0v) is 13.5. The van der Waals surface area contributed by atoms with Crippen LogP contribution in [0.3, 0.4) is 0 Å². The van der Waals surface area contributed by atoms with Gasteiger partial charge in [0.05, 0.1) is 11.5 Å². The third kappa shape index (κ3) is 7.93. The average molecular weight is 289 g/mol. The van der Waals surface area contributed by atoms with E-state index in [0.717, 1.165) is 19.3 Å². The molecule has 4 heteroatoms. The maximum Gasteiger partial charge on any atom is 0.151 e. The van der Waals surface area contributed by atoms with Gasteiger partial charge in [0, 0.05) is 12.6 Å². The van der Waals surface area contributed by atoms with Crippen LogP contribution in [0.2, 0.25) is 0 Å². The van der Waals surface area contributed by atoms with Crippen LogP contribution in [-0.2, 0) is 9.84 Å². The molecule has 0 radical (unpaired) electrons. The topological polar surface area (TPSA) is 46.2 Å². The molecule has 0 bridgehead atoms. The second-order valence-electron chi connectivity index (χ2n) is 6.12. The highest BCUT2D eigenvalue weighted by atomic mass is 32.2. The summed E-state index contributed by atoms with van der Waals surface area (Å²) in [4.78, 5) is 0. The van der Waals surface area contributed by atoms with Gasteiger partial charge in [-0.3, -0.25) is 0 Å². The van der Waals surface area contributed by atoms with E-state index < -0.39 is 9.84 Å². The monoisotopic (exact) mass is 289 g/mol. The molecule has 114 valence electrons. The van der Waals surface area contributed by atoms with Crippen LogP contribution in [0.15, 0.2) is 0 Å². The Bertz CT molecular complexity index is 321. The van der Waals surface area contributed by atoms with Crippen molar-refractivity contribution in [2.75, 3.05) is 18.1 Å². The molecule has 0 saturated heterocycles. The van der Waals surface area contributed by atoms with Gasteiger partial charge in [0.1, 0.15) is 0 Å². The van der Waals surface area contributed by atoms with Crippen molar-refractivity contribution in [3.63, 3.8) is 0 Å². The minimum atomic E-state index is -2.85. The minimum Gasteiger partial charge on any atom is -0.313 e. The summed E-state index contributed by atoms with van der Waals surface area (Å²) in [5.74, 6) is 1.16. The number of rotatable bonds is 10. The molecule has 0 spiro atoms. The first-order valence-electron chi connectivity index (χ1n) is 7.97. The van der Waals surface area contributed by atoms with Crippen molar-refractivity contribution in [3.05, 3.63) is 0 Å². The lowest BCUT2D eigenvalue weighted by molar-refractivity contribution is 0.497. The molecule has 0 heterocycles. The lowest BCUT2D eigenvalue weighted by Crippen LogP contribution is -2.32. The highest BCUT2D eigenvalue weighted by Crippen LogP contribution is 2.26. The van der Waals surface area contributed by atoms with E-state index in [9.17, 15) is 8.42 Å². The van der Waals surface area contributed by atoms with Gasteiger partial charge in [-0.25, -0.2) is 8.42 Å². The van der Waals surface area contributed by atoms with Gasteiger partial charge in [-0.15, -0.1) is 0 Å². The fourth-order valence-corrected chi connectivity index (χ4v) is 4.53. The van der Waals surface area contributed by atoms with Crippen LogP contribution in [0.1, 0.15) is 65.2 Å². The quantitative estimate of drug-likeness (QED) is 0.628. The molecule has 0 aromatic carbocycles. The van der Waals surface area contributed by atoms with Gasteiger partial charge in [0.15, 0.2) is 9.84 Å². The zero-order valence-electron chi connectivity index (χ0n) is 12.7. The Kier molecular flexibility index (Phi) is 8.00. The standard InChI is InChI=1S/C15H31NO2S/c1-3-4-5-8-14(2)16-11-12-19(17,18)13-15-9-6-7-10-15/h14-16H,3-13H2,1-2H3. The SMILES string of the molecule is CCCCCC(C)NCCS(=O)(=O)CC1CCCC1. The highest BCUT2D eigenvalue weighted by molar-refractivity contribution is 7.91. The summed E-state index contributed by atoms with van der Waals surface area (Å²) in [6.45, 7) is 4.97. The normalized spacial score (nSPS) is 18.8. The average Bonchev–Trinajstić information content (AvgIpc) is 2.81. The van der Waals surface area contributed by atoms with Crippen LogP contribution < -0.4 is 5.32 Å². The van der Waals surface area contributed by atoms with Crippen molar-refractivity contribution in [2.45, 2.75) is 71.3 Å². The van der Waals surface area contributed by atoms with Gasteiger partial charge in [-0.1, -0.05) is 39.0 Å². The lowest BCUT2D eigenvalue weighted by atomic mass is 10.1. The summed E-state index contributed by atoms with van der Waals surface area (Å²) in [7, 11) is -2.85. The Balaban J connectivity index is 2.12. The molecule has 1 saturated carbocycles. The van der Waals surface area contributed by atoms with Crippen molar-refractivity contribution >= 4 is 9.84 Å². The van der Waals surface area contributed by atoms with E-state index in [2.05, 4.69) is 19.2 Å². The number of sulfone groups is 1. The Morgan fingerprint density at radius 2 is 1.89 bits per heavy atom. The van der Waals surface area contributed by atoms with Crippen LogP contribution in [0.25, 0.3) is 0 Å². The Labute approximate surface area is 119 Å².